The number of nitrogens with zero attached hydrogens (tertiary/aromatic N) is 1. The molecule has 184 valence electrons. The number of ether oxygens (including phenoxy) is 2. The second-order valence-electron chi connectivity index (χ2n) is 8.68. The molecule has 1 amide bonds. The smallest absolute Gasteiger partial charge is 0.335 e. The van der Waals surface area contributed by atoms with E-state index in [4.69, 9.17) is 9.47 Å². The zero-order chi connectivity index (χ0) is 25.2. The van der Waals surface area contributed by atoms with E-state index in [0.717, 1.165) is 11.3 Å². The second-order valence-corrected chi connectivity index (χ2v) is 10.0. The molecule has 0 aliphatic heterocycles. The molecule has 0 heterocycles. The Morgan fingerprint density at radius 3 is 2.42 bits per heavy atom. The Morgan fingerprint density at radius 1 is 1.24 bits per heavy atom. The van der Waals surface area contributed by atoms with Gasteiger partial charge in [-0.15, -0.1) is 0 Å². The van der Waals surface area contributed by atoms with Gasteiger partial charge in [0.05, 0.1) is 11.2 Å². The van der Waals surface area contributed by atoms with Gasteiger partial charge >= 0.3 is 5.97 Å². The van der Waals surface area contributed by atoms with Crippen molar-refractivity contribution in [1.29, 1.82) is 0 Å². The highest BCUT2D eigenvalue weighted by molar-refractivity contribution is 8.11. The first-order valence-corrected chi connectivity index (χ1v) is 11.8. The normalized spacial score (nSPS) is 12.9. The van der Waals surface area contributed by atoms with E-state index in [1.54, 1.807) is 17.0 Å². The van der Waals surface area contributed by atoms with Crippen molar-refractivity contribution in [2.45, 2.75) is 59.7 Å². The minimum atomic E-state index is -1.08. The van der Waals surface area contributed by atoms with Gasteiger partial charge in [0, 0.05) is 18.0 Å². The Labute approximate surface area is 201 Å². The molecule has 1 atom stereocenters. The van der Waals surface area contributed by atoms with Crippen LogP contribution in [-0.4, -0.2) is 65.0 Å². The van der Waals surface area contributed by atoms with Crippen LogP contribution in [-0.2, 0) is 9.53 Å². The van der Waals surface area contributed by atoms with Gasteiger partial charge in [-0.3, -0.25) is 4.79 Å². The van der Waals surface area contributed by atoms with Crippen LogP contribution >= 0.6 is 11.8 Å². The van der Waals surface area contributed by atoms with Crippen molar-refractivity contribution in [3.63, 3.8) is 0 Å². The number of aliphatic hydroxyl groups excluding tert-OH is 1. The molecule has 0 aliphatic rings. The molecule has 0 spiro atoms. The van der Waals surface area contributed by atoms with Crippen LogP contribution in [0.3, 0.4) is 0 Å². The number of hydrogen-bond donors (Lipinski definition) is 2. The number of thioether (sulfide) groups is 1. The number of allylic oxidation sites excluding steroid dienone is 2. The first-order chi connectivity index (χ1) is 15.4. The Morgan fingerprint density at radius 2 is 1.88 bits per heavy atom. The van der Waals surface area contributed by atoms with Crippen molar-refractivity contribution in [3.8, 4) is 5.75 Å². The van der Waals surface area contributed by atoms with Crippen LogP contribution in [0, 0.1) is 0 Å². The summed E-state index contributed by atoms with van der Waals surface area (Å²) < 4.78 is 11.3. The average molecular weight is 480 g/mol. The zero-order valence-electron chi connectivity index (χ0n) is 20.5. The molecule has 7 nitrogen and oxygen atoms in total. The largest absolute Gasteiger partial charge is 0.491 e. The number of aromatic carboxylic acids is 1. The zero-order valence-corrected chi connectivity index (χ0v) is 21.3. The molecular weight excluding hydrogens is 442 g/mol. The summed E-state index contributed by atoms with van der Waals surface area (Å²) in [6.45, 7) is 15.9. The van der Waals surface area contributed by atoms with E-state index in [-0.39, 0.29) is 31.2 Å². The molecule has 0 bridgehead atoms. The Hall–Kier alpha value is -2.29. The van der Waals surface area contributed by atoms with Gasteiger partial charge in [0.1, 0.15) is 25.1 Å². The van der Waals surface area contributed by atoms with Gasteiger partial charge in [0.25, 0.3) is 0 Å². The van der Waals surface area contributed by atoms with Gasteiger partial charge in [0.15, 0.2) is 0 Å². The molecule has 0 saturated heterocycles. The number of benzene rings is 1. The predicted octanol–water partition coefficient (Wildman–Crippen LogP) is 4.81. The molecule has 1 aromatic carbocycles. The molecule has 1 rings (SSSR count). The van der Waals surface area contributed by atoms with Crippen LogP contribution < -0.4 is 4.74 Å². The molecule has 1 aromatic rings. The summed E-state index contributed by atoms with van der Waals surface area (Å²) in [5, 5.41) is 19.9. The standard InChI is InChI=1S/C25H37NO6S/c1-8-10-26(23(28)16-32-25(5,6)7)14-21(27)15-31-22-12-19(11-20(13-22)24(29)30)18(4)33-17(3)9-2/h9,11-13,21,27H,4,8,10,14-16H2,1-3,5-7H3,(H,29,30)/b17-9-. The monoisotopic (exact) mass is 479 g/mol. The molecule has 1 unspecified atom stereocenters. The quantitative estimate of drug-likeness (QED) is 0.419. The lowest BCUT2D eigenvalue weighted by Gasteiger charge is -2.27. The van der Waals surface area contributed by atoms with Gasteiger partial charge in [-0.25, -0.2) is 4.79 Å². The Balaban J connectivity index is 2.86. The highest BCUT2D eigenvalue weighted by atomic mass is 32.2. The highest BCUT2D eigenvalue weighted by Gasteiger charge is 2.21. The van der Waals surface area contributed by atoms with E-state index in [9.17, 15) is 19.8 Å². The summed E-state index contributed by atoms with van der Waals surface area (Å²) in [6, 6.07) is 4.65. The fraction of sp³-hybridized carbons (Fsp3) is 0.520. The lowest BCUT2D eigenvalue weighted by atomic mass is 10.1. The molecule has 0 fully saturated rings. The van der Waals surface area contributed by atoms with E-state index in [1.165, 1.54) is 17.8 Å². The van der Waals surface area contributed by atoms with E-state index in [2.05, 4.69) is 6.58 Å². The van der Waals surface area contributed by atoms with E-state index >= 15 is 0 Å². The topological polar surface area (TPSA) is 96.3 Å². The molecule has 8 heteroatoms. The van der Waals surface area contributed by atoms with Gasteiger partial charge in [-0.1, -0.05) is 31.3 Å². The van der Waals surface area contributed by atoms with Gasteiger partial charge < -0.3 is 24.6 Å². The predicted molar refractivity (Wildman–Crippen MR) is 134 cm³/mol. The lowest BCUT2D eigenvalue weighted by Crippen LogP contribution is -2.42. The summed E-state index contributed by atoms with van der Waals surface area (Å²) in [5.74, 6) is -0.969. The number of carbonyl (C=O) groups excluding carboxylic acids is 1. The molecule has 0 saturated carbocycles. The van der Waals surface area contributed by atoms with Crippen molar-refractivity contribution >= 4 is 28.5 Å². The van der Waals surface area contributed by atoms with Crippen LogP contribution in [0.5, 0.6) is 5.75 Å². The minimum Gasteiger partial charge on any atom is -0.491 e. The molecule has 0 radical (unpaired) electrons. The van der Waals surface area contributed by atoms with Crippen molar-refractivity contribution in [2.24, 2.45) is 0 Å². The summed E-state index contributed by atoms with van der Waals surface area (Å²) in [4.78, 5) is 27.4. The van der Waals surface area contributed by atoms with Crippen LogP contribution in [0.4, 0.5) is 0 Å². The fourth-order valence-electron chi connectivity index (χ4n) is 2.74. The lowest BCUT2D eigenvalue weighted by molar-refractivity contribution is -0.142. The van der Waals surface area contributed by atoms with Crippen LogP contribution in [0.1, 0.15) is 63.9 Å². The number of hydrogen-bond acceptors (Lipinski definition) is 6. The third kappa shape index (κ3) is 10.9. The number of carboxylic acid groups (broad SMARTS) is 1. The molecule has 0 aliphatic carbocycles. The van der Waals surface area contributed by atoms with Gasteiger partial charge in [-0.2, -0.15) is 0 Å². The van der Waals surface area contributed by atoms with E-state index in [0.29, 0.717) is 22.8 Å². The van der Waals surface area contributed by atoms with Crippen LogP contribution in [0.15, 0.2) is 35.8 Å². The Bertz CT molecular complexity index is 859. The number of carboxylic acids is 1. The van der Waals surface area contributed by atoms with E-state index < -0.39 is 17.7 Å². The SMILES string of the molecule is C=C(S/C(C)=C\C)c1cc(OCC(O)CN(CCC)C(=O)COC(C)(C)C)cc(C(=O)O)c1. The van der Waals surface area contributed by atoms with Crippen LogP contribution in [0.2, 0.25) is 0 Å². The maximum atomic E-state index is 12.5. The molecular formula is C25H37NO6S. The number of carbonyl (C=O) groups is 2. The van der Waals surface area contributed by atoms with Gasteiger partial charge in [0.2, 0.25) is 5.91 Å². The number of aliphatic hydroxyl groups is 1. The average Bonchev–Trinajstić information content (AvgIpc) is 2.74. The first-order valence-electron chi connectivity index (χ1n) is 11.0. The molecule has 0 aromatic heterocycles. The minimum absolute atomic E-state index is 0.0630. The third-order valence-electron chi connectivity index (χ3n) is 4.51. The highest BCUT2D eigenvalue weighted by Crippen LogP contribution is 2.34. The van der Waals surface area contributed by atoms with Gasteiger partial charge in [-0.05, 0) is 69.7 Å². The number of rotatable bonds is 13. The molecule has 2 N–H and O–H groups in total. The number of amides is 1. The Kier molecular flexibility index (Phi) is 11.7. The first kappa shape index (κ1) is 28.7. The summed E-state index contributed by atoms with van der Waals surface area (Å²) in [6.07, 6.45) is 1.74. The fourth-order valence-corrected chi connectivity index (χ4v) is 3.48. The third-order valence-corrected chi connectivity index (χ3v) is 5.55. The van der Waals surface area contributed by atoms with Crippen LogP contribution in [0.25, 0.3) is 4.91 Å². The van der Waals surface area contributed by atoms with Crippen molar-refractivity contribution < 1.29 is 29.3 Å². The second kappa shape index (κ2) is 13.4. The van der Waals surface area contributed by atoms with E-state index in [1.807, 2.05) is 47.6 Å². The maximum absolute atomic E-state index is 12.5. The molecule has 33 heavy (non-hydrogen) atoms. The van der Waals surface area contributed by atoms with Crippen molar-refractivity contribution in [3.05, 3.63) is 46.9 Å². The maximum Gasteiger partial charge on any atom is 0.335 e. The summed E-state index contributed by atoms with van der Waals surface area (Å²) in [5.41, 5.74) is 0.266. The summed E-state index contributed by atoms with van der Waals surface area (Å²) >= 11 is 1.44. The summed E-state index contributed by atoms with van der Waals surface area (Å²) in [7, 11) is 0. The van der Waals surface area contributed by atoms with Crippen molar-refractivity contribution in [1.82, 2.24) is 4.90 Å². The van der Waals surface area contributed by atoms with Crippen molar-refractivity contribution in [2.75, 3.05) is 26.3 Å².